The first-order chi connectivity index (χ1) is 8.07. The van der Waals surface area contributed by atoms with E-state index in [0.717, 1.165) is 12.8 Å². The zero-order valence-electron chi connectivity index (χ0n) is 10.5. The molecule has 1 N–H and O–H groups in total. The molecule has 0 bridgehead atoms. The van der Waals surface area contributed by atoms with Gasteiger partial charge in [-0.2, -0.15) is 0 Å². The smallest absolute Gasteiger partial charge is 0.248 e. The number of amides is 2. The van der Waals surface area contributed by atoms with Crippen LogP contribution in [0.2, 0.25) is 0 Å². The lowest BCUT2D eigenvalue weighted by atomic mass is 9.96. The van der Waals surface area contributed by atoms with Gasteiger partial charge in [-0.25, -0.2) is 0 Å². The number of carbonyl (C=O) groups excluding carboxylic acids is 2. The van der Waals surface area contributed by atoms with Crippen molar-refractivity contribution in [3.05, 3.63) is 12.2 Å². The third-order valence-corrected chi connectivity index (χ3v) is 3.86. The van der Waals surface area contributed by atoms with E-state index in [0.29, 0.717) is 19.4 Å². The van der Waals surface area contributed by atoms with Crippen LogP contribution in [0.4, 0.5) is 0 Å². The SMILES string of the molecule is CCC1(C)NC(=O)CCN(C2CC=CC2)C1=O. The van der Waals surface area contributed by atoms with Crippen LogP contribution in [-0.2, 0) is 9.59 Å². The molecule has 4 nitrogen and oxygen atoms in total. The van der Waals surface area contributed by atoms with Crippen molar-refractivity contribution >= 4 is 11.8 Å². The van der Waals surface area contributed by atoms with Gasteiger partial charge in [0.1, 0.15) is 5.54 Å². The molecule has 1 aliphatic heterocycles. The van der Waals surface area contributed by atoms with Gasteiger partial charge in [0.15, 0.2) is 0 Å². The Balaban J connectivity index is 2.21. The summed E-state index contributed by atoms with van der Waals surface area (Å²) in [6.07, 6.45) is 7.11. The molecule has 94 valence electrons. The van der Waals surface area contributed by atoms with Crippen molar-refractivity contribution in [2.45, 2.75) is 51.1 Å². The minimum Gasteiger partial charge on any atom is -0.342 e. The van der Waals surface area contributed by atoms with Crippen LogP contribution in [0, 0.1) is 0 Å². The molecule has 0 radical (unpaired) electrons. The molecule has 1 unspecified atom stereocenters. The highest BCUT2D eigenvalue weighted by molar-refractivity contribution is 5.93. The van der Waals surface area contributed by atoms with Gasteiger partial charge in [0.25, 0.3) is 0 Å². The predicted molar refractivity (Wildman–Crippen MR) is 65.3 cm³/mol. The molecule has 4 heteroatoms. The topological polar surface area (TPSA) is 49.4 Å². The average Bonchev–Trinajstić information content (AvgIpc) is 2.79. The summed E-state index contributed by atoms with van der Waals surface area (Å²) in [6, 6.07) is 0.251. The minimum absolute atomic E-state index is 0.0174. The monoisotopic (exact) mass is 236 g/mol. The lowest BCUT2D eigenvalue weighted by Gasteiger charge is -2.34. The Morgan fingerprint density at radius 2 is 2.06 bits per heavy atom. The van der Waals surface area contributed by atoms with Gasteiger partial charge in [0, 0.05) is 19.0 Å². The van der Waals surface area contributed by atoms with E-state index in [1.165, 1.54) is 0 Å². The van der Waals surface area contributed by atoms with Gasteiger partial charge in [-0.15, -0.1) is 0 Å². The van der Waals surface area contributed by atoms with Crippen LogP contribution in [0.25, 0.3) is 0 Å². The number of carbonyl (C=O) groups is 2. The van der Waals surface area contributed by atoms with Gasteiger partial charge in [-0.3, -0.25) is 9.59 Å². The first-order valence-corrected chi connectivity index (χ1v) is 6.34. The van der Waals surface area contributed by atoms with E-state index in [1.54, 1.807) is 0 Å². The summed E-state index contributed by atoms with van der Waals surface area (Å²) in [4.78, 5) is 26.1. The highest BCUT2D eigenvalue weighted by Gasteiger charge is 2.41. The Morgan fingerprint density at radius 3 is 2.65 bits per heavy atom. The Labute approximate surface area is 102 Å². The molecule has 1 fully saturated rings. The fourth-order valence-electron chi connectivity index (χ4n) is 2.51. The molecule has 2 aliphatic rings. The van der Waals surface area contributed by atoms with E-state index < -0.39 is 5.54 Å². The number of rotatable bonds is 2. The summed E-state index contributed by atoms with van der Waals surface area (Å²) in [5.41, 5.74) is -0.726. The average molecular weight is 236 g/mol. The van der Waals surface area contributed by atoms with E-state index in [1.807, 2.05) is 18.7 Å². The second kappa shape index (κ2) is 4.51. The van der Waals surface area contributed by atoms with Crippen LogP contribution in [0.1, 0.15) is 39.5 Å². The Bertz CT molecular complexity index is 356. The van der Waals surface area contributed by atoms with Crippen LogP contribution in [-0.4, -0.2) is 34.8 Å². The first-order valence-electron chi connectivity index (χ1n) is 6.34. The molecular weight excluding hydrogens is 216 g/mol. The molecule has 2 amide bonds. The molecule has 0 spiro atoms. The number of hydrogen-bond acceptors (Lipinski definition) is 2. The second-order valence-corrected chi connectivity index (χ2v) is 5.08. The maximum absolute atomic E-state index is 12.5. The van der Waals surface area contributed by atoms with Gasteiger partial charge in [0.2, 0.25) is 11.8 Å². The summed E-state index contributed by atoms with van der Waals surface area (Å²) in [6.45, 7) is 4.31. The van der Waals surface area contributed by atoms with Crippen molar-refractivity contribution in [3.8, 4) is 0 Å². The van der Waals surface area contributed by atoms with Crippen molar-refractivity contribution in [2.75, 3.05) is 6.54 Å². The van der Waals surface area contributed by atoms with E-state index in [2.05, 4.69) is 17.5 Å². The zero-order valence-corrected chi connectivity index (χ0v) is 10.5. The third-order valence-electron chi connectivity index (χ3n) is 3.86. The largest absolute Gasteiger partial charge is 0.342 e. The Morgan fingerprint density at radius 1 is 1.41 bits per heavy atom. The van der Waals surface area contributed by atoms with Gasteiger partial charge in [-0.05, 0) is 26.2 Å². The molecule has 1 atom stereocenters. The lowest BCUT2D eigenvalue weighted by molar-refractivity contribution is -0.140. The van der Waals surface area contributed by atoms with Crippen molar-refractivity contribution in [3.63, 3.8) is 0 Å². The van der Waals surface area contributed by atoms with E-state index in [-0.39, 0.29) is 17.9 Å². The summed E-state index contributed by atoms with van der Waals surface area (Å²) < 4.78 is 0. The van der Waals surface area contributed by atoms with Gasteiger partial charge < -0.3 is 10.2 Å². The number of nitrogens with zero attached hydrogens (tertiary/aromatic N) is 1. The number of nitrogens with one attached hydrogen (secondary N) is 1. The predicted octanol–water partition coefficient (Wildman–Crippen LogP) is 1.22. The van der Waals surface area contributed by atoms with Crippen LogP contribution < -0.4 is 5.32 Å². The van der Waals surface area contributed by atoms with Crippen LogP contribution >= 0.6 is 0 Å². The maximum Gasteiger partial charge on any atom is 0.248 e. The fourth-order valence-corrected chi connectivity index (χ4v) is 2.51. The van der Waals surface area contributed by atoms with Crippen molar-refractivity contribution < 1.29 is 9.59 Å². The summed E-state index contributed by atoms with van der Waals surface area (Å²) in [7, 11) is 0. The summed E-state index contributed by atoms with van der Waals surface area (Å²) in [5.74, 6) is 0.0516. The van der Waals surface area contributed by atoms with Gasteiger partial charge in [0.05, 0.1) is 0 Å². The standard InChI is InChI=1S/C13H20N2O2/c1-3-13(2)12(17)15(9-8-11(16)14-13)10-6-4-5-7-10/h4-5,10H,3,6-9H2,1-2H3,(H,14,16). The highest BCUT2D eigenvalue weighted by Crippen LogP contribution is 2.24. The molecule has 1 saturated heterocycles. The molecular formula is C13H20N2O2. The van der Waals surface area contributed by atoms with Gasteiger partial charge in [-0.1, -0.05) is 19.1 Å². The van der Waals surface area contributed by atoms with E-state index >= 15 is 0 Å². The van der Waals surface area contributed by atoms with Crippen molar-refractivity contribution in [1.82, 2.24) is 10.2 Å². The lowest BCUT2D eigenvalue weighted by Crippen LogP contribution is -2.56. The Hall–Kier alpha value is -1.32. The molecule has 17 heavy (non-hydrogen) atoms. The normalized spacial score (nSPS) is 30.6. The fraction of sp³-hybridized carbons (Fsp3) is 0.692. The molecule has 0 aromatic rings. The molecule has 0 saturated carbocycles. The summed E-state index contributed by atoms with van der Waals surface area (Å²) >= 11 is 0. The van der Waals surface area contributed by atoms with Gasteiger partial charge >= 0.3 is 0 Å². The molecule has 1 aliphatic carbocycles. The van der Waals surface area contributed by atoms with Crippen LogP contribution in [0.3, 0.4) is 0 Å². The summed E-state index contributed by atoms with van der Waals surface area (Å²) in [5, 5.41) is 2.86. The molecule has 1 heterocycles. The quantitative estimate of drug-likeness (QED) is 0.733. The van der Waals surface area contributed by atoms with E-state index in [4.69, 9.17) is 0 Å². The number of hydrogen-bond donors (Lipinski definition) is 1. The molecule has 2 rings (SSSR count). The maximum atomic E-state index is 12.5. The second-order valence-electron chi connectivity index (χ2n) is 5.08. The Kier molecular flexibility index (Phi) is 3.22. The zero-order chi connectivity index (χ0) is 12.5. The molecule has 0 aromatic carbocycles. The van der Waals surface area contributed by atoms with Crippen molar-refractivity contribution in [1.29, 1.82) is 0 Å². The van der Waals surface area contributed by atoms with Crippen molar-refractivity contribution in [2.24, 2.45) is 0 Å². The first kappa shape index (κ1) is 12.1. The minimum atomic E-state index is -0.726. The van der Waals surface area contributed by atoms with E-state index in [9.17, 15) is 9.59 Å². The van der Waals surface area contributed by atoms with Crippen LogP contribution in [0.5, 0.6) is 0 Å². The molecule has 0 aromatic heterocycles. The van der Waals surface area contributed by atoms with Crippen LogP contribution in [0.15, 0.2) is 12.2 Å². The highest BCUT2D eigenvalue weighted by atomic mass is 16.2. The third kappa shape index (κ3) is 2.21.